The number of rotatable bonds is 1. The molecular formula is C14H10ClN3O. The molecule has 1 aromatic heterocycles. The summed E-state index contributed by atoms with van der Waals surface area (Å²) in [6.45, 7) is 1.97. The molecule has 3 aromatic rings. The summed E-state index contributed by atoms with van der Waals surface area (Å²) in [5.74, 6) is 0.621. The van der Waals surface area contributed by atoms with Crippen LogP contribution in [0.2, 0.25) is 5.02 Å². The van der Waals surface area contributed by atoms with Crippen LogP contribution in [-0.4, -0.2) is 16.9 Å². The summed E-state index contributed by atoms with van der Waals surface area (Å²) >= 11 is 6.34. The number of hydrogen-bond donors (Lipinski definition) is 0. The van der Waals surface area contributed by atoms with E-state index in [0.717, 1.165) is 27.2 Å². The summed E-state index contributed by atoms with van der Waals surface area (Å²) in [6, 6.07) is 5.69. The van der Waals surface area contributed by atoms with Crippen molar-refractivity contribution in [3.05, 3.63) is 35.0 Å². The van der Waals surface area contributed by atoms with Gasteiger partial charge in [0, 0.05) is 16.2 Å². The van der Waals surface area contributed by atoms with Gasteiger partial charge in [-0.3, -0.25) is 0 Å². The molecule has 0 radical (unpaired) electrons. The van der Waals surface area contributed by atoms with Gasteiger partial charge in [-0.25, -0.2) is 0 Å². The molecule has 0 aliphatic carbocycles. The molecule has 1 heterocycles. The molecule has 4 nitrogen and oxygen atoms in total. The predicted molar refractivity (Wildman–Crippen MR) is 74.5 cm³/mol. The lowest BCUT2D eigenvalue weighted by Gasteiger charge is -2.09. The number of fused-ring (bicyclic) bond motifs is 3. The van der Waals surface area contributed by atoms with Gasteiger partial charge in [0.1, 0.15) is 5.75 Å². The number of aryl methyl sites for hydroxylation is 1. The Bertz CT molecular complexity index is 845. The Morgan fingerprint density at radius 1 is 1.32 bits per heavy atom. The van der Waals surface area contributed by atoms with Crippen LogP contribution >= 0.6 is 11.6 Å². The molecule has 0 bridgehead atoms. The van der Waals surface area contributed by atoms with Crippen LogP contribution in [0, 0.1) is 18.4 Å². The fourth-order valence-electron chi connectivity index (χ4n) is 2.34. The molecule has 94 valence electrons. The van der Waals surface area contributed by atoms with Crippen LogP contribution in [-0.2, 0) is 0 Å². The second kappa shape index (κ2) is 4.15. The SMILES string of the molecule is COc1ccc2c(cc(C)c3cnn(C#N)c32)c1Cl. The maximum absolute atomic E-state index is 9.14. The molecule has 0 fully saturated rings. The van der Waals surface area contributed by atoms with E-state index in [4.69, 9.17) is 21.6 Å². The van der Waals surface area contributed by atoms with Gasteiger partial charge in [-0.2, -0.15) is 15.0 Å². The molecule has 2 aromatic carbocycles. The van der Waals surface area contributed by atoms with Crippen LogP contribution in [0.4, 0.5) is 0 Å². The molecule has 0 aliphatic heterocycles. The van der Waals surface area contributed by atoms with E-state index < -0.39 is 0 Å². The molecule has 5 heteroatoms. The van der Waals surface area contributed by atoms with Crippen LogP contribution in [0.3, 0.4) is 0 Å². The zero-order chi connectivity index (χ0) is 13.6. The highest BCUT2D eigenvalue weighted by Gasteiger charge is 2.14. The monoisotopic (exact) mass is 271 g/mol. The number of nitriles is 1. The van der Waals surface area contributed by atoms with E-state index in [9.17, 15) is 0 Å². The molecular weight excluding hydrogens is 262 g/mol. The third-order valence-corrected chi connectivity index (χ3v) is 3.66. The number of hydrogen-bond acceptors (Lipinski definition) is 3. The predicted octanol–water partition coefficient (Wildman–Crippen LogP) is 3.49. The van der Waals surface area contributed by atoms with E-state index in [-0.39, 0.29) is 0 Å². The lowest BCUT2D eigenvalue weighted by molar-refractivity contribution is 0.415. The maximum Gasteiger partial charge on any atom is 0.206 e. The molecule has 0 atom stereocenters. The summed E-state index contributed by atoms with van der Waals surface area (Å²) in [7, 11) is 1.58. The molecule has 0 N–H and O–H groups in total. The van der Waals surface area contributed by atoms with E-state index in [1.54, 1.807) is 19.4 Å². The average Bonchev–Trinajstić information content (AvgIpc) is 2.85. The lowest BCUT2D eigenvalue weighted by atomic mass is 10.0. The molecule has 0 amide bonds. The van der Waals surface area contributed by atoms with Crippen molar-refractivity contribution in [2.45, 2.75) is 6.92 Å². The minimum atomic E-state index is 0.552. The van der Waals surface area contributed by atoms with Gasteiger partial charge in [0.15, 0.2) is 0 Å². The Labute approximate surface area is 114 Å². The van der Waals surface area contributed by atoms with Crippen molar-refractivity contribution < 1.29 is 4.74 Å². The van der Waals surface area contributed by atoms with Crippen molar-refractivity contribution in [3.8, 4) is 11.9 Å². The largest absolute Gasteiger partial charge is 0.495 e. The Balaban J connectivity index is 2.58. The Morgan fingerprint density at radius 2 is 2.11 bits per heavy atom. The van der Waals surface area contributed by atoms with Gasteiger partial charge in [0.05, 0.1) is 23.8 Å². The van der Waals surface area contributed by atoms with E-state index in [1.807, 2.05) is 25.2 Å². The minimum Gasteiger partial charge on any atom is -0.495 e. The van der Waals surface area contributed by atoms with Gasteiger partial charge in [0.25, 0.3) is 0 Å². The average molecular weight is 272 g/mol. The van der Waals surface area contributed by atoms with Gasteiger partial charge in [-0.1, -0.05) is 11.6 Å². The molecule has 0 saturated heterocycles. The van der Waals surface area contributed by atoms with Gasteiger partial charge in [-0.15, -0.1) is 0 Å². The third-order valence-electron chi connectivity index (χ3n) is 3.27. The topological polar surface area (TPSA) is 50.8 Å². The highest BCUT2D eigenvalue weighted by molar-refractivity contribution is 6.38. The second-order valence-corrected chi connectivity index (χ2v) is 4.67. The number of aromatic nitrogens is 2. The van der Waals surface area contributed by atoms with Crippen LogP contribution in [0.15, 0.2) is 24.4 Å². The van der Waals surface area contributed by atoms with Gasteiger partial charge >= 0.3 is 0 Å². The smallest absolute Gasteiger partial charge is 0.206 e. The van der Waals surface area contributed by atoms with E-state index in [2.05, 4.69) is 5.10 Å². The highest BCUT2D eigenvalue weighted by atomic mass is 35.5. The number of ether oxygens (including phenoxy) is 1. The quantitative estimate of drug-likeness (QED) is 0.681. The zero-order valence-electron chi connectivity index (χ0n) is 10.4. The van der Waals surface area contributed by atoms with Crippen molar-refractivity contribution in [1.29, 1.82) is 5.26 Å². The summed E-state index contributed by atoms with van der Waals surface area (Å²) in [5, 5.41) is 16.5. The van der Waals surface area contributed by atoms with Gasteiger partial charge in [0.2, 0.25) is 6.19 Å². The summed E-state index contributed by atoms with van der Waals surface area (Å²) in [5.41, 5.74) is 1.81. The lowest BCUT2D eigenvalue weighted by Crippen LogP contribution is -1.92. The zero-order valence-corrected chi connectivity index (χ0v) is 11.2. The van der Waals surface area contributed by atoms with Crippen molar-refractivity contribution in [1.82, 2.24) is 9.78 Å². The van der Waals surface area contributed by atoms with Crippen LogP contribution in [0.25, 0.3) is 21.7 Å². The first-order valence-corrected chi connectivity index (χ1v) is 6.09. The number of halogens is 1. The number of benzene rings is 2. The van der Waals surface area contributed by atoms with E-state index in [0.29, 0.717) is 10.8 Å². The Kier molecular flexibility index (Phi) is 2.58. The van der Waals surface area contributed by atoms with Crippen molar-refractivity contribution in [2.24, 2.45) is 0 Å². The van der Waals surface area contributed by atoms with Crippen molar-refractivity contribution in [3.63, 3.8) is 0 Å². The van der Waals surface area contributed by atoms with Gasteiger partial charge < -0.3 is 4.74 Å². The normalized spacial score (nSPS) is 10.8. The Hall–Kier alpha value is -2.25. The molecule has 3 rings (SSSR count). The molecule has 19 heavy (non-hydrogen) atoms. The first kappa shape index (κ1) is 11.8. The highest BCUT2D eigenvalue weighted by Crippen LogP contribution is 2.37. The maximum atomic E-state index is 9.14. The summed E-state index contributed by atoms with van der Waals surface area (Å²) in [6.07, 6.45) is 3.75. The fourth-order valence-corrected chi connectivity index (χ4v) is 2.64. The van der Waals surface area contributed by atoms with Crippen molar-refractivity contribution >= 4 is 33.3 Å². The molecule has 0 aliphatic rings. The number of nitrogens with zero attached hydrogens (tertiary/aromatic N) is 3. The first-order valence-electron chi connectivity index (χ1n) is 5.71. The molecule has 0 saturated carbocycles. The standard InChI is InChI=1S/C14H10ClN3O/c1-8-5-10-9(3-4-12(19-2)13(10)15)14-11(8)6-17-18(14)7-16/h3-6H,1-2H3. The summed E-state index contributed by atoms with van der Waals surface area (Å²) in [4.78, 5) is 0. The van der Waals surface area contributed by atoms with Crippen molar-refractivity contribution in [2.75, 3.05) is 7.11 Å². The summed E-state index contributed by atoms with van der Waals surface area (Å²) < 4.78 is 6.54. The second-order valence-electron chi connectivity index (χ2n) is 4.29. The third kappa shape index (κ3) is 1.56. The minimum absolute atomic E-state index is 0.552. The fraction of sp³-hybridized carbons (Fsp3) is 0.143. The number of methoxy groups -OCH3 is 1. The van der Waals surface area contributed by atoms with Gasteiger partial charge in [-0.05, 0) is 30.7 Å². The van der Waals surface area contributed by atoms with Crippen LogP contribution in [0.1, 0.15) is 5.56 Å². The first-order chi connectivity index (χ1) is 9.17. The van der Waals surface area contributed by atoms with Crippen LogP contribution in [0.5, 0.6) is 5.75 Å². The molecule has 0 unspecified atom stereocenters. The Morgan fingerprint density at radius 3 is 2.79 bits per heavy atom. The van der Waals surface area contributed by atoms with E-state index >= 15 is 0 Å². The van der Waals surface area contributed by atoms with E-state index in [1.165, 1.54) is 4.68 Å². The molecule has 0 spiro atoms. The van der Waals surface area contributed by atoms with Crippen LogP contribution < -0.4 is 4.74 Å².